The van der Waals surface area contributed by atoms with Crippen molar-refractivity contribution >= 4 is 15.9 Å². The van der Waals surface area contributed by atoms with Gasteiger partial charge in [0.05, 0.1) is 5.69 Å². The monoisotopic (exact) mass is 253 g/mol. The average Bonchev–Trinajstić information content (AvgIpc) is 2.62. The molecule has 8 heteroatoms. The van der Waals surface area contributed by atoms with E-state index in [2.05, 4.69) is 14.9 Å². The minimum absolute atomic E-state index is 0.382. The maximum absolute atomic E-state index is 10.9. The molecule has 0 spiro atoms. The van der Waals surface area contributed by atoms with Crippen LogP contribution in [-0.4, -0.2) is 23.2 Å². The fourth-order valence-corrected chi connectivity index (χ4v) is 1.89. The summed E-state index contributed by atoms with van der Waals surface area (Å²) in [6.07, 6.45) is 1.56. The first-order chi connectivity index (χ1) is 7.96. The number of nitrogens with one attached hydrogen (secondary N) is 1. The number of rotatable bonds is 3. The van der Waals surface area contributed by atoms with E-state index in [0.717, 1.165) is 5.56 Å². The van der Waals surface area contributed by atoms with Crippen LogP contribution in [0.15, 0.2) is 30.6 Å². The number of benzene rings is 1. The highest BCUT2D eigenvalue weighted by atomic mass is 32.2. The Morgan fingerprint density at radius 3 is 2.76 bits per heavy atom. The van der Waals surface area contributed by atoms with Gasteiger partial charge in [-0.15, -0.1) is 10.2 Å². The van der Waals surface area contributed by atoms with Gasteiger partial charge >= 0.3 is 0 Å². The molecule has 1 aromatic heterocycles. The Bertz CT molecular complexity index is 634. The summed E-state index contributed by atoms with van der Waals surface area (Å²) in [5.74, 6) is 0.642. The van der Waals surface area contributed by atoms with E-state index in [1.54, 1.807) is 42.2 Å². The Hall–Kier alpha value is -1.93. The number of hydrogen-bond donors (Lipinski definition) is 2. The highest BCUT2D eigenvalue weighted by Gasteiger charge is 2.07. The van der Waals surface area contributed by atoms with Gasteiger partial charge < -0.3 is 4.57 Å². The Balaban J connectivity index is 2.39. The van der Waals surface area contributed by atoms with Crippen molar-refractivity contribution in [1.29, 1.82) is 0 Å². The summed E-state index contributed by atoms with van der Waals surface area (Å²) < 4.78 is 25.7. The molecule has 0 radical (unpaired) electrons. The van der Waals surface area contributed by atoms with E-state index in [0.29, 0.717) is 11.5 Å². The summed E-state index contributed by atoms with van der Waals surface area (Å²) in [5, 5.41) is 12.6. The molecule has 90 valence electrons. The molecule has 0 saturated carbocycles. The second-order valence-electron chi connectivity index (χ2n) is 3.49. The molecule has 0 amide bonds. The molecule has 0 atom stereocenters. The number of nitrogens with zero attached hydrogens (tertiary/aromatic N) is 3. The van der Waals surface area contributed by atoms with Gasteiger partial charge in [-0.3, -0.25) is 4.72 Å². The van der Waals surface area contributed by atoms with E-state index in [4.69, 9.17) is 5.14 Å². The van der Waals surface area contributed by atoms with E-state index in [9.17, 15) is 8.42 Å². The van der Waals surface area contributed by atoms with Crippen LogP contribution in [0.2, 0.25) is 0 Å². The van der Waals surface area contributed by atoms with Gasteiger partial charge in [-0.05, 0) is 12.1 Å². The Labute approximate surface area is 98.5 Å². The Kier molecular flexibility index (Phi) is 2.82. The lowest BCUT2D eigenvalue weighted by atomic mass is 10.2. The van der Waals surface area contributed by atoms with Gasteiger partial charge in [-0.2, -0.15) is 8.42 Å². The van der Waals surface area contributed by atoms with Gasteiger partial charge in [-0.25, -0.2) is 5.14 Å². The lowest BCUT2D eigenvalue weighted by Crippen LogP contribution is -2.21. The average molecular weight is 253 g/mol. The zero-order valence-corrected chi connectivity index (χ0v) is 9.85. The fraction of sp³-hybridized carbons (Fsp3) is 0.111. The molecule has 1 aromatic carbocycles. The maximum Gasteiger partial charge on any atom is 0.296 e. The second kappa shape index (κ2) is 4.15. The van der Waals surface area contributed by atoms with E-state index >= 15 is 0 Å². The molecule has 17 heavy (non-hydrogen) atoms. The number of anilines is 1. The van der Waals surface area contributed by atoms with Crippen LogP contribution in [0.3, 0.4) is 0 Å². The smallest absolute Gasteiger partial charge is 0.296 e. The number of aryl methyl sites for hydroxylation is 1. The molecule has 2 rings (SSSR count). The third-order valence-corrected chi connectivity index (χ3v) is 2.61. The van der Waals surface area contributed by atoms with Gasteiger partial charge in [0.1, 0.15) is 6.33 Å². The van der Waals surface area contributed by atoms with Crippen LogP contribution in [0, 0.1) is 0 Å². The fourth-order valence-electron chi connectivity index (χ4n) is 1.43. The molecule has 2 aromatic rings. The van der Waals surface area contributed by atoms with Crippen molar-refractivity contribution in [2.45, 2.75) is 0 Å². The van der Waals surface area contributed by atoms with Crippen LogP contribution in [0.1, 0.15) is 0 Å². The van der Waals surface area contributed by atoms with Crippen molar-refractivity contribution in [1.82, 2.24) is 14.8 Å². The first kappa shape index (κ1) is 11.6. The largest absolute Gasteiger partial charge is 0.317 e. The molecule has 0 aliphatic rings. The molecule has 0 aliphatic heterocycles. The lowest BCUT2D eigenvalue weighted by Gasteiger charge is -2.05. The van der Waals surface area contributed by atoms with Crippen LogP contribution < -0.4 is 9.86 Å². The Morgan fingerprint density at radius 2 is 2.18 bits per heavy atom. The van der Waals surface area contributed by atoms with Crippen LogP contribution in [0.25, 0.3) is 11.4 Å². The SMILES string of the molecule is Cn1cnnc1-c1cccc(NS(N)(=O)=O)c1. The molecule has 0 bridgehead atoms. The quantitative estimate of drug-likeness (QED) is 0.809. The first-order valence-electron chi connectivity index (χ1n) is 4.71. The molecule has 0 aliphatic carbocycles. The summed E-state index contributed by atoms with van der Waals surface area (Å²) in [7, 11) is -1.97. The number of hydrogen-bond acceptors (Lipinski definition) is 4. The Morgan fingerprint density at radius 1 is 1.41 bits per heavy atom. The van der Waals surface area contributed by atoms with E-state index in [-0.39, 0.29) is 0 Å². The van der Waals surface area contributed by atoms with E-state index in [1.165, 1.54) is 0 Å². The van der Waals surface area contributed by atoms with Crippen LogP contribution in [0.5, 0.6) is 0 Å². The molecule has 0 saturated heterocycles. The molecular formula is C9H11N5O2S. The summed E-state index contributed by atoms with van der Waals surface area (Å²) in [6.45, 7) is 0. The van der Waals surface area contributed by atoms with Gasteiger partial charge in [0.2, 0.25) is 0 Å². The predicted molar refractivity (Wildman–Crippen MR) is 63.2 cm³/mol. The second-order valence-corrected chi connectivity index (χ2v) is 4.79. The van der Waals surface area contributed by atoms with Crippen molar-refractivity contribution in [2.24, 2.45) is 12.2 Å². The van der Waals surface area contributed by atoms with Gasteiger partial charge in [0.25, 0.3) is 10.2 Å². The van der Waals surface area contributed by atoms with Crippen molar-refractivity contribution in [3.63, 3.8) is 0 Å². The molecular weight excluding hydrogens is 242 g/mol. The van der Waals surface area contributed by atoms with Crippen LogP contribution >= 0.6 is 0 Å². The highest BCUT2D eigenvalue weighted by Crippen LogP contribution is 2.20. The minimum Gasteiger partial charge on any atom is -0.317 e. The zero-order chi connectivity index (χ0) is 12.5. The van der Waals surface area contributed by atoms with Crippen LogP contribution in [0.4, 0.5) is 5.69 Å². The van der Waals surface area contributed by atoms with Gasteiger partial charge in [-0.1, -0.05) is 12.1 Å². The minimum atomic E-state index is -3.77. The van der Waals surface area contributed by atoms with Crippen molar-refractivity contribution < 1.29 is 8.42 Å². The first-order valence-corrected chi connectivity index (χ1v) is 6.25. The van der Waals surface area contributed by atoms with E-state index < -0.39 is 10.2 Å². The predicted octanol–water partition coefficient (Wildman–Crippen LogP) is 0.0975. The van der Waals surface area contributed by atoms with Gasteiger partial charge in [0.15, 0.2) is 5.82 Å². The molecule has 0 fully saturated rings. The summed E-state index contributed by atoms with van der Waals surface area (Å²) in [5.41, 5.74) is 1.13. The maximum atomic E-state index is 10.9. The third kappa shape index (κ3) is 2.80. The summed E-state index contributed by atoms with van der Waals surface area (Å²) in [6, 6.07) is 6.74. The summed E-state index contributed by atoms with van der Waals surface area (Å²) >= 11 is 0. The zero-order valence-electron chi connectivity index (χ0n) is 9.03. The molecule has 1 heterocycles. The molecule has 3 N–H and O–H groups in total. The normalized spacial score (nSPS) is 11.4. The lowest BCUT2D eigenvalue weighted by molar-refractivity contribution is 0.603. The highest BCUT2D eigenvalue weighted by molar-refractivity contribution is 7.90. The van der Waals surface area contributed by atoms with Crippen molar-refractivity contribution in [3.05, 3.63) is 30.6 Å². The number of aromatic nitrogens is 3. The third-order valence-electron chi connectivity index (χ3n) is 2.09. The van der Waals surface area contributed by atoms with Gasteiger partial charge in [0, 0.05) is 12.6 Å². The summed E-state index contributed by atoms with van der Waals surface area (Å²) in [4.78, 5) is 0. The van der Waals surface area contributed by atoms with Crippen molar-refractivity contribution in [2.75, 3.05) is 4.72 Å². The van der Waals surface area contributed by atoms with Crippen molar-refractivity contribution in [3.8, 4) is 11.4 Å². The molecule has 0 unspecified atom stereocenters. The number of nitrogens with two attached hydrogens (primary N) is 1. The molecule has 7 nitrogen and oxygen atoms in total. The van der Waals surface area contributed by atoms with E-state index in [1.807, 2.05) is 0 Å². The van der Waals surface area contributed by atoms with Crippen LogP contribution in [-0.2, 0) is 17.3 Å². The topological polar surface area (TPSA) is 103 Å². The standard InChI is InChI=1S/C9H11N5O2S/c1-14-6-11-12-9(14)7-3-2-4-8(5-7)13-17(10,15)16/h2-6,13H,1H3,(H2,10,15,16).